The van der Waals surface area contributed by atoms with E-state index in [9.17, 15) is 13.2 Å². The molecule has 0 saturated heterocycles. The van der Waals surface area contributed by atoms with Crippen LogP contribution in [0.25, 0.3) is 0 Å². The summed E-state index contributed by atoms with van der Waals surface area (Å²) >= 11 is 3.11. The quantitative estimate of drug-likeness (QED) is 0.822. The molecule has 0 aliphatic carbocycles. The molecule has 0 aliphatic rings. The molecule has 0 bridgehead atoms. The van der Waals surface area contributed by atoms with Gasteiger partial charge >= 0.3 is 12.2 Å². The predicted octanol–water partition coefficient (Wildman–Crippen LogP) is 4.43. The van der Waals surface area contributed by atoms with Crippen LogP contribution >= 0.6 is 15.9 Å². The highest BCUT2D eigenvalue weighted by Crippen LogP contribution is 2.32. The van der Waals surface area contributed by atoms with Crippen molar-refractivity contribution >= 4 is 15.9 Å². The third-order valence-corrected chi connectivity index (χ3v) is 2.77. The van der Waals surface area contributed by atoms with Crippen molar-refractivity contribution in [3.05, 3.63) is 34.6 Å². The van der Waals surface area contributed by atoms with E-state index in [1.807, 2.05) is 13.8 Å². The fourth-order valence-electron chi connectivity index (χ4n) is 1.53. The van der Waals surface area contributed by atoms with Gasteiger partial charge in [-0.05, 0) is 48.0 Å². The molecule has 1 aromatic heterocycles. The average molecular weight is 350 g/mol. The lowest BCUT2D eigenvalue weighted by atomic mass is 10.2. The third kappa shape index (κ3) is 3.30. The van der Waals surface area contributed by atoms with E-state index >= 15 is 0 Å². The molecule has 0 spiro atoms. The molecule has 0 aliphatic heterocycles. The molecule has 0 fully saturated rings. The van der Waals surface area contributed by atoms with Crippen LogP contribution in [0.4, 0.5) is 13.2 Å². The maximum Gasteiger partial charge on any atom is 0.416 e. The summed E-state index contributed by atoms with van der Waals surface area (Å²) in [6.07, 6.45) is -4.41. The molecule has 4 nitrogen and oxygen atoms in total. The lowest BCUT2D eigenvalue weighted by Crippen LogP contribution is -2.07. The van der Waals surface area contributed by atoms with Crippen LogP contribution in [-0.4, -0.2) is 14.8 Å². The molecule has 0 radical (unpaired) electrons. The fraction of sp³-hybridized carbons (Fsp3) is 0.333. The normalized spacial score (nSPS) is 11.9. The van der Waals surface area contributed by atoms with Crippen LogP contribution in [-0.2, 0) is 6.18 Å². The van der Waals surface area contributed by atoms with Crippen LogP contribution in [0.2, 0.25) is 0 Å². The van der Waals surface area contributed by atoms with E-state index in [1.165, 1.54) is 16.8 Å². The Hall–Kier alpha value is -1.57. The maximum atomic E-state index is 12.6. The van der Waals surface area contributed by atoms with E-state index in [0.717, 1.165) is 12.1 Å². The maximum absolute atomic E-state index is 12.6. The molecule has 2 rings (SSSR count). The van der Waals surface area contributed by atoms with Crippen LogP contribution in [0.3, 0.4) is 0 Å². The summed E-state index contributed by atoms with van der Waals surface area (Å²) in [5.41, 5.74) is -0.773. The second-order valence-electron chi connectivity index (χ2n) is 4.33. The highest BCUT2D eigenvalue weighted by Gasteiger charge is 2.30. The zero-order valence-electron chi connectivity index (χ0n) is 10.6. The van der Waals surface area contributed by atoms with Crippen LogP contribution in [0.5, 0.6) is 11.8 Å². The summed E-state index contributed by atoms with van der Waals surface area (Å²) in [5, 5.41) is 4.05. The van der Waals surface area contributed by atoms with Gasteiger partial charge in [0.1, 0.15) is 5.75 Å². The van der Waals surface area contributed by atoms with E-state index in [4.69, 9.17) is 4.74 Å². The Bertz CT molecular complexity index is 610. The van der Waals surface area contributed by atoms with E-state index in [0.29, 0.717) is 4.73 Å². The van der Waals surface area contributed by atoms with Gasteiger partial charge in [-0.25, -0.2) is 4.68 Å². The Morgan fingerprint density at radius 1 is 1.30 bits per heavy atom. The van der Waals surface area contributed by atoms with Crippen molar-refractivity contribution in [2.24, 2.45) is 0 Å². The largest absolute Gasteiger partial charge is 0.424 e. The number of aromatic nitrogens is 3. The molecule has 1 heterocycles. The summed E-state index contributed by atoms with van der Waals surface area (Å²) in [6.45, 7) is 3.72. The van der Waals surface area contributed by atoms with Gasteiger partial charge in [0.05, 0.1) is 11.6 Å². The van der Waals surface area contributed by atoms with Crippen LogP contribution in [0, 0.1) is 0 Å². The summed E-state index contributed by atoms with van der Waals surface area (Å²) in [6, 6.07) is 4.72. The van der Waals surface area contributed by atoms with Gasteiger partial charge in [0, 0.05) is 0 Å². The van der Waals surface area contributed by atoms with E-state index in [1.54, 1.807) is 0 Å². The molecule has 1 aromatic carbocycles. The molecule has 0 saturated carbocycles. The van der Waals surface area contributed by atoms with E-state index in [-0.39, 0.29) is 17.8 Å². The Labute approximate surface area is 121 Å². The van der Waals surface area contributed by atoms with Crippen molar-refractivity contribution in [3.8, 4) is 11.8 Å². The summed E-state index contributed by atoms with van der Waals surface area (Å²) in [5.74, 6) is 0.0571. The van der Waals surface area contributed by atoms with Gasteiger partial charge in [-0.15, -0.1) is 5.10 Å². The van der Waals surface area contributed by atoms with Crippen molar-refractivity contribution in [2.75, 3.05) is 0 Å². The molecule has 0 atom stereocenters. The van der Waals surface area contributed by atoms with Crippen LogP contribution in [0.15, 0.2) is 29.0 Å². The minimum absolute atomic E-state index is 0.0328. The average Bonchev–Trinajstić information content (AvgIpc) is 2.69. The van der Waals surface area contributed by atoms with E-state index < -0.39 is 11.7 Å². The highest BCUT2D eigenvalue weighted by molar-refractivity contribution is 9.10. The number of benzene rings is 1. The molecule has 20 heavy (non-hydrogen) atoms. The molecule has 0 N–H and O–H groups in total. The number of hydrogen-bond acceptors (Lipinski definition) is 3. The first kappa shape index (κ1) is 14.8. The minimum atomic E-state index is -4.41. The first-order chi connectivity index (χ1) is 9.27. The number of ether oxygens (including phenoxy) is 1. The lowest BCUT2D eigenvalue weighted by Gasteiger charge is -2.11. The Morgan fingerprint density at radius 2 is 2.00 bits per heavy atom. The lowest BCUT2D eigenvalue weighted by molar-refractivity contribution is -0.137. The van der Waals surface area contributed by atoms with Gasteiger partial charge < -0.3 is 4.74 Å². The summed E-state index contributed by atoms with van der Waals surface area (Å²) in [7, 11) is 0. The zero-order chi connectivity index (χ0) is 14.9. The Kier molecular flexibility index (Phi) is 4.03. The van der Waals surface area contributed by atoms with Crippen molar-refractivity contribution in [1.82, 2.24) is 14.8 Å². The number of halogens is 4. The second kappa shape index (κ2) is 5.43. The minimum Gasteiger partial charge on any atom is -0.424 e. The molecule has 8 heteroatoms. The molecule has 0 unspecified atom stereocenters. The molecule has 0 amide bonds. The molecular formula is C12H11BrF3N3O. The van der Waals surface area contributed by atoms with Gasteiger partial charge in [0.2, 0.25) is 4.73 Å². The summed E-state index contributed by atoms with van der Waals surface area (Å²) in [4.78, 5) is 3.98. The SMILES string of the molecule is CC(C)n1nc(Br)nc1Oc1cccc(C(F)(F)F)c1. The van der Waals surface area contributed by atoms with Gasteiger partial charge in [-0.1, -0.05) is 6.07 Å². The molecular weight excluding hydrogens is 339 g/mol. The topological polar surface area (TPSA) is 39.9 Å². The van der Waals surface area contributed by atoms with E-state index in [2.05, 4.69) is 26.0 Å². The van der Waals surface area contributed by atoms with Crippen LogP contribution < -0.4 is 4.74 Å². The summed E-state index contributed by atoms with van der Waals surface area (Å²) < 4.78 is 45.0. The first-order valence-electron chi connectivity index (χ1n) is 5.74. The second-order valence-corrected chi connectivity index (χ2v) is 5.04. The number of rotatable bonds is 3. The van der Waals surface area contributed by atoms with Crippen molar-refractivity contribution < 1.29 is 17.9 Å². The van der Waals surface area contributed by atoms with Gasteiger partial charge in [0.15, 0.2) is 0 Å². The van der Waals surface area contributed by atoms with Gasteiger partial charge in [-0.2, -0.15) is 18.2 Å². The smallest absolute Gasteiger partial charge is 0.416 e. The Morgan fingerprint density at radius 3 is 2.60 bits per heavy atom. The third-order valence-electron chi connectivity index (χ3n) is 2.43. The van der Waals surface area contributed by atoms with Crippen molar-refractivity contribution in [2.45, 2.75) is 26.1 Å². The zero-order valence-corrected chi connectivity index (χ0v) is 12.2. The highest BCUT2D eigenvalue weighted by atomic mass is 79.9. The van der Waals surface area contributed by atoms with Crippen molar-refractivity contribution in [1.29, 1.82) is 0 Å². The molecule has 2 aromatic rings. The van der Waals surface area contributed by atoms with Gasteiger partial charge in [-0.3, -0.25) is 0 Å². The molecule has 108 valence electrons. The van der Waals surface area contributed by atoms with Crippen LogP contribution in [0.1, 0.15) is 25.5 Å². The number of hydrogen-bond donors (Lipinski definition) is 0. The monoisotopic (exact) mass is 349 g/mol. The predicted molar refractivity (Wildman–Crippen MR) is 69.6 cm³/mol. The number of alkyl halides is 3. The van der Waals surface area contributed by atoms with Crippen molar-refractivity contribution in [3.63, 3.8) is 0 Å². The standard InChI is InChI=1S/C12H11BrF3N3O/c1-7(2)19-11(17-10(13)18-19)20-9-5-3-4-8(6-9)12(14,15)16/h3-7H,1-2H3. The Balaban J connectivity index is 2.31. The van der Waals surface area contributed by atoms with Gasteiger partial charge in [0.25, 0.3) is 0 Å². The fourth-order valence-corrected chi connectivity index (χ4v) is 1.85. The first-order valence-corrected chi connectivity index (χ1v) is 6.54. The number of nitrogens with zero attached hydrogens (tertiary/aromatic N) is 3.